The zero-order valence-corrected chi connectivity index (χ0v) is 10.4. The predicted octanol–water partition coefficient (Wildman–Crippen LogP) is 0.253. The van der Waals surface area contributed by atoms with Gasteiger partial charge in [-0.25, -0.2) is 13.1 Å². The molecule has 1 saturated heterocycles. The quantitative estimate of drug-likeness (QED) is 0.791. The number of hydrogen-bond acceptors (Lipinski definition) is 4. The summed E-state index contributed by atoms with van der Waals surface area (Å²) in [5, 5.41) is 3.25. The summed E-state index contributed by atoms with van der Waals surface area (Å²) in [5.74, 6) is -0.00639. The van der Waals surface area contributed by atoms with Crippen molar-refractivity contribution in [3.05, 3.63) is 30.1 Å². The van der Waals surface area contributed by atoms with E-state index >= 15 is 0 Å². The van der Waals surface area contributed by atoms with Gasteiger partial charge in [0.05, 0.1) is 5.75 Å². The minimum Gasteiger partial charge on any atom is -0.313 e. The normalized spacial score (nSPS) is 20.6. The Hall–Kier alpha value is -0.980. The Kier molecular flexibility index (Phi) is 4.09. The molecule has 0 aliphatic carbocycles. The topological polar surface area (TPSA) is 71.1 Å². The van der Waals surface area contributed by atoms with Crippen molar-refractivity contribution in [2.45, 2.75) is 24.6 Å². The molecule has 0 unspecified atom stereocenters. The van der Waals surface area contributed by atoms with E-state index in [0.717, 1.165) is 19.4 Å². The van der Waals surface area contributed by atoms with Crippen LogP contribution >= 0.6 is 0 Å². The van der Waals surface area contributed by atoms with Crippen LogP contribution in [0.1, 0.15) is 18.4 Å². The van der Waals surface area contributed by atoms with Gasteiger partial charge in [0.25, 0.3) is 0 Å². The molecule has 6 heteroatoms. The van der Waals surface area contributed by atoms with Crippen molar-refractivity contribution in [3.63, 3.8) is 0 Å². The second-order valence-electron chi connectivity index (χ2n) is 4.26. The summed E-state index contributed by atoms with van der Waals surface area (Å²) in [7, 11) is -3.25. The van der Waals surface area contributed by atoms with E-state index in [4.69, 9.17) is 0 Å². The highest BCUT2D eigenvalue weighted by molar-refractivity contribution is 7.88. The number of rotatable bonds is 5. The number of hydrogen-bond donors (Lipinski definition) is 2. The van der Waals surface area contributed by atoms with Crippen LogP contribution in [0.25, 0.3) is 0 Å². The average molecular weight is 255 g/mol. The fraction of sp³-hybridized carbons (Fsp3) is 0.545. The number of aromatic nitrogens is 1. The maximum absolute atomic E-state index is 11.8. The molecule has 1 aliphatic heterocycles. The zero-order chi connectivity index (χ0) is 12.1. The van der Waals surface area contributed by atoms with E-state index in [1.165, 1.54) is 0 Å². The maximum atomic E-state index is 11.8. The van der Waals surface area contributed by atoms with Gasteiger partial charge in [0.15, 0.2) is 0 Å². The molecule has 17 heavy (non-hydrogen) atoms. The van der Waals surface area contributed by atoms with Gasteiger partial charge in [-0.3, -0.25) is 4.98 Å². The fourth-order valence-electron chi connectivity index (χ4n) is 1.91. The molecule has 0 saturated carbocycles. The minimum absolute atomic E-state index is 0.00639. The van der Waals surface area contributed by atoms with Gasteiger partial charge in [-0.15, -0.1) is 0 Å². The van der Waals surface area contributed by atoms with Crippen LogP contribution in [0.3, 0.4) is 0 Å². The first kappa shape index (κ1) is 12.5. The van der Waals surface area contributed by atoms with Crippen molar-refractivity contribution in [2.24, 2.45) is 0 Å². The van der Waals surface area contributed by atoms with E-state index < -0.39 is 10.0 Å². The van der Waals surface area contributed by atoms with Crippen molar-refractivity contribution in [1.82, 2.24) is 15.0 Å². The Labute approximate surface area is 102 Å². The molecule has 1 atom stereocenters. The van der Waals surface area contributed by atoms with E-state index in [-0.39, 0.29) is 11.8 Å². The van der Waals surface area contributed by atoms with Crippen LogP contribution < -0.4 is 10.0 Å². The fourth-order valence-corrected chi connectivity index (χ4v) is 3.08. The van der Waals surface area contributed by atoms with Gasteiger partial charge in [0.1, 0.15) is 0 Å². The molecular weight excluding hydrogens is 238 g/mol. The van der Waals surface area contributed by atoms with E-state index in [0.29, 0.717) is 12.1 Å². The van der Waals surface area contributed by atoms with Gasteiger partial charge >= 0.3 is 0 Å². The molecule has 0 radical (unpaired) electrons. The molecule has 0 aromatic carbocycles. The summed E-state index contributed by atoms with van der Waals surface area (Å²) >= 11 is 0. The Morgan fingerprint density at radius 1 is 1.53 bits per heavy atom. The number of nitrogens with zero attached hydrogens (tertiary/aromatic N) is 1. The summed E-state index contributed by atoms with van der Waals surface area (Å²) in [5.41, 5.74) is 0.708. The Morgan fingerprint density at radius 3 is 3.06 bits per heavy atom. The van der Waals surface area contributed by atoms with Crippen LogP contribution in [-0.2, 0) is 15.8 Å². The minimum atomic E-state index is -3.25. The first-order valence-electron chi connectivity index (χ1n) is 5.75. The van der Waals surface area contributed by atoms with Gasteiger partial charge < -0.3 is 5.32 Å². The summed E-state index contributed by atoms with van der Waals surface area (Å²) < 4.78 is 26.2. The third-order valence-corrected chi connectivity index (χ3v) is 4.11. The monoisotopic (exact) mass is 255 g/mol. The van der Waals surface area contributed by atoms with Crippen molar-refractivity contribution in [2.75, 3.05) is 13.1 Å². The summed E-state index contributed by atoms with van der Waals surface area (Å²) in [6.45, 7) is 1.46. The second kappa shape index (κ2) is 5.57. The van der Waals surface area contributed by atoms with Crippen molar-refractivity contribution in [1.29, 1.82) is 0 Å². The lowest BCUT2D eigenvalue weighted by atomic mass is 10.2. The molecule has 2 N–H and O–H groups in total. The van der Waals surface area contributed by atoms with Crippen LogP contribution in [-0.4, -0.2) is 32.5 Å². The molecule has 2 rings (SSSR count). The molecule has 5 nitrogen and oxygen atoms in total. The molecule has 1 aromatic rings. The van der Waals surface area contributed by atoms with Crippen LogP contribution in [0.2, 0.25) is 0 Å². The van der Waals surface area contributed by atoms with Crippen LogP contribution in [0.15, 0.2) is 24.5 Å². The third kappa shape index (κ3) is 4.07. The zero-order valence-electron chi connectivity index (χ0n) is 9.59. The van der Waals surface area contributed by atoms with Gasteiger partial charge in [0.2, 0.25) is 10.0 Å². The molecule has 0 amide bonds. The highest BCUT2D eigenvalue weighted by Gasteiger charge is 2.17. The van der Waals surface area contributed by atoms with E-state index in [2.05, 4.69) is 15.0 Å². The van der Waals surface area contributed by atoms with E-state index in [9.17, 15) is 8.42 Å². The van der Waals surface area contributed by atoms with Gasteiger partial charge in [-0.1, -0.05) is 6.07 Å². The van der Waals surface area contributed by atoms with Crippen LogP contribution in [0.4, 0.5) is 0 Å². The number of sulfonamides is 1. The van der Waals surface area contributed by atoms with Gasteiger partial charge in [0, 0.05) is 25.0 Å². The lowest BCUT2D eigenvalue weighted by Crippen LogP contribution is -2.37. The van der Waals surface area contributed by atoms with Crippen LogP contribution in [0, 0.1) is 0 Å². The first-order chi connectivity index (χ1) is 8.16. The molecule has 1 aliphatic rings. The highest BCUT2D eigenvalue weighted by Crippen LogP contribution is 2.06. The molecular formula is C11H17N3O2S. The first-order valence-corrected chi connectivity index (χ1v) is 7.40. The SMILES string of the molecule is O=S(=O)(Cc1cccnc1)NC[C@H]1CCCN1. The maximum Gasteiger partial charge on any atom is 0.215 e. The van der Waals surface area contributed by atoms with Crippen molar-refractivity contribution < 1.29 is 8.42 Å². The molecule has 1 fully saturated rings. The number of nitrogens with one attached hydrogen (secondary N) is 2. The lowest BCUT2D eigenvalue weighted by molar-refractivity contribution is 0.551. The average Bonchev–Trinajstić information content (AvgIpc) is 2.80. The van der Waals surface area contributed by atoms with Crippen LogP contribution in [0.5, 0.6) is 0 Å². The Morgan fingerprint density at radius 2 is 2.41 bits per heavy atom. The molecule has 1 aromatic heterocycles. The van der Waals surface area contributed by atoms with Gasteiger partial charge in [-0.2, -0.15) is 0 Å². The standard InChI is InChI=1S/C11H17N3O2S/c15-17(16,9-10-3-1-5-12-7-10)14-8-11-4-2-6-13-11/h1,3,5,7,11,13-14H,2,4,6,8-9H2/t11-/m1/s1. The highest BCUT2D eigenvalue weighted by atomic mass is 32.2. The summed E-state index contributed by atoms with van der Waals surface area (Å²) in [4.78, 5) is 3.90. The van der Waals surface area contributed by atoms with Gasteiger partial charge in [-0.05, 0) is 31.0 Å². The number of pyridine rings is 1. The summed E-state index contributed by atoms with van der Waals surface area (Å²) in [6, 6.07) is 3.78. The molecule has 0 bridgehead atoms. The van der Waals surface area contributed by atoms with Crippen molar-refractivity contribution >= 4 is 10.0 Å². The van der Waals surface area contributed by atoms with E-state index in [1.807, 2.05) is 0 Å². The largest absolute Gasteiger partial charge is 0.313 e. The second-order valence-corrected chi connectivity index (χ2v) is 6.07. The lowest BCUT2D eigenvalue weighted by Gasteiger charge is -2.11. The molecule has 94 valence electrons. The van der Waals surface area contributed by atoms with Crippen molar-refractivity contribution in [3.8, 4) is 0 Å². The Bertz CT molecular complexity index is 441. The smallest absolute Gasteiger partial charge is 0.215 e. The Balaban J connectivity index is 1.86. The predicted molar refractivity (Wildman–Crippen MR) is 65.9 cm³/mol. The van der Waals surface area contributed by atoms with E-state index in [1.54, 1.807) is 24.5 Å². The molecule has 2 heterocycles. The third-order valence-electron chi connectivity index (χ3n) is 2.79. The molecule has 0 spiro atoms. The summed E-state index contributed by atoms with van der Waals surface area (Å²) in [6.07, 6.45) is 5.36.